The van der Waals surface area contributed by atoms with Gasteiger partial charge in [0.05, 0.1) is 37.1 Å². The van der Waals surface area contributed by atoms with Crippen LogP contribution in [0.25, 0.3) is 0 Å². The molecular weight excluding hydrogens is 1050 g/mol. The fourth-order valence-electron chi connectivity index (χ4n) is 7.11. The van der Waals surface area contributed by atoms with Crippen molar-refractivity contribution in [2.75, 3.05) is 42.6 Å². The summed E-state index contributed by atoms with van der Waals surface area (Å²) in [5.74, 6) is -0.917. The lowest BCUT2D eigenvalue weighted by Gasteiger charge is -2.20. The van der Waals surface area contributed by atoms with Crippen LogP contribution in [0.4, 0.5) is 4.39 Å². The Morgan fingerprint density at radius 2 is 0.908 bits per heavy atom. The lowest BCUT2D eigenvalue weighted by Crippen LogP contribution is -2.33. The number of aliphatic carboxylic acids is 4. The van der Waals surface area contributed by atoms with Gasteiger partial charge in [0, 0.05) is 36.4 Å². The number of carboxylic acids is 4. The number of carbonyl (C=O) groups excluding carboxylic acids is 2. The Morgan fingerprint density at radius 1 is 0.566 bits per heavy atom. The number of thioether (sulfide) groups is 1. The van der Waals surface area contributed by atoms with Gasteiger partial charge in [0.25, 0.3) is 0 Å². The zero-order chi connectivity index (χ0) is 60.9. The third kappa shape index (κ3) is 45.9. The van der Waals surface area contributed by atoms with Crippen molar-refractivity contribution in [1.82, 2.24) is 10.6 Å². The second-order valence-corrected chi connectivity index (χ2v) is 25.1. The molecule has 1 aromatic rings. The fourth-order valence-corrected chi connectivity index (χ4v) is 9.92. The first-order valence-electron chi connectivity index (χ1n) is 28.0. The van der Waals surface area contributed by atoms with Crippen molar-refractivity contribution in [3.05, 3.63) is 29.8 Å². The van der Waals surface area contributed by atoms with Gasteiger partial charge in [0.1, 0.15) is 5.08 Å². The van der Waals surface area contributed by atoms with Gasteiger partial charge in [-0.05, 0) is 106 Å². The molecule has 6 N–H and O–H groups in total. The van der Waals surface area contributed by atoms with Crippen LogP contribution < -0.4 is 10.6 Å². The molecule has 0 aliphatic heterocycles. The molecule has 1 aromatic carbocycles. The molecule has 0 heterocycles. The largest absolute Gasteiger partial charge is 0.481 e. The second kappa shape index (κ2) is 50.2. The van der Waals surface area contributed by atoms with E-state index in [0.29, 0.717) is 84.8 Å². The van der Waals surface area contributed by atoms with Gasteiger partial charge in [-0.25, -0.2) is 8.42 Å². The van der Waals surface area contributed by atoms with Gasteiger partial charge in [-0.2, -0.15) is 25.3 Å². The van der Waals surface area contributed by atoms with Gasteiger partial charge in [-0.1, -0.05) is 140 Å². The first kappa shape index (κ1) is 79.5. The van der Waals surface area contributed by atoms with Crippen LogP contribution in [0.5, 0.6) is 0 Å². The normalized spacial score (nSPS) is 14.9. The summed E-state index contributed by atoms with van der Waals surface area (Å²) in [4.78, 5) is 68.1. The number of carboxylic acid groups (broad SMARTS) is 4. The number of sulfone groups is 1. The van der Waals surface area contributed by atoms with Crippen molar-refractivity contribution >= 4 is 82.5 Å². The van der Waals surface area contributed by atoms with Gasteiger partial charge < -0.3 is 31.1 Å². The van der Waals surface area contributed by atoms with E-state index < -0.39 is 58.6 Å². The number of halogens is 1. The predicted molar refractivity (Wildman–Crippen MR) is 320 cm³/mol. The highest BCUT2D eigenvalue weighted by Crippen LogP contribution is 2.25. The molecule has 0 bridgehead atoms. The van der Waals surface area contributed by atoms with E-state index in [9.17, 15) is 51.8 Å². The molecule has 14 nitrogen and oxygen atoms in total. The van der Waals surface area contributed by atoms with Gasteiger partial charge in [0.15, 0.2) is 9.84 Å². The molecule has 0 fully saturated rings. The van der Waals surface area contributed by atoms with Gasteiger partial charge in [0.2, 0.25) is 11.8 Å². The van der Waals surface area contributed by atoms with Crippen molar-refractivity contribution in [2.45, 2.75) is 186 Å². The molecule has 0 aliphatic rings. The minimum Gasteiger partial charge on any atom is -0.481 e. The maximum absolute atomic E-state index is 12.3. The highest BCUT2D eigenvalue weighted by Gasteiger charge is 2.27. The Balaban J connectivity index is -0.000000308. The number of benzene rings is 1. The zero-order valence-corrected chi connectivity index (χ0v) is 52.7. The Morgan fingerprint density at radius 3 is 1.21 bits per heavy atom. The van der Waals surface area contributed by atoms with Crippen LogP contribution in [0.3, 0.4) is 0 Å². The maximum atomic E-state index is 12.3. The highest BCUT2D eigenvalue weighted by molar-refractivity contribution is 8.12. The van der Waals surface area contributed by atoms with Crippen molar-refractivity contribution in [3.63, 3.8) is 0 Å². The predicted octanol–water partition coefficient (Wildman–Crippen LogP) is 13.2. The molecule has 10 unspecified atom stereocenters. The summed E-state index contributed by atoms with van der Waals surface area (Å²) < 4.78 is 40.1. The van der Waals surface area contributed by atoms with Crippen LogP contribution in [0.1, 0.15) is 181 Å². The lowest BCUT2D eigenvalue weighted by molar-refractivity contribution is -0.144. The number of aryl methyl sites for hydroxylation is 1. The van der Waals surface area contributed by atoms with E-state index in [1.807, 2.05) is 34.6 Å². The molecule has 76 heavy (non-hydrogen) atoms. The first-order chi connectivity index (χ1) is 35.9. The fraction of sp³-hybridized carbons (Fsp3) is 0.789. The molecule has 2 amide bonds. The summed E-state index contributed by atoms with van der Waals surface area (Å²) in [5, 5.41) is 41.5. The molecule has 10 atom stereocenters. The summed E-state index contributed by atoms with van der Waals surface area (Å²) >= 11 is 9.18. The van der Waals surface area contributed by atoms with E-state index in [0.717, 1.165) is 56.3 Å². The topological polar surface area (TPSA) is 242 Å². The van der Waals surface area contributed by atoms with Crippen LogP contribution in [0.2, 0.25) is 0 Å². The second-order valence-electron chi connectivity index (χ2n) is 20.7. The van der Waals surface area contributed by atoms with Crippen LogP contribution >= 0.6 is 37.0 Å². The van der Waals surface area contributed by atoms with E-state index in [2.05, 4.69) is 84.4 Å². The third-order valence-corrected chi connectivity index (χ3v) is 16.9. The molecule has 0 saturated heterocycles. The Kier molecular flexibility index (Phi) is 52.5. The molecule has 0 saturated carbocycles. The van der Waals surface area contributed by atoms with Crippen LogP contribution in [0.15, 0.2) is 29.2 Å². The molecule has 0 radical (unpaired) electrons. The number of amides is 2. The van der Waals surface area contributed by atoms with Gasteiger partial charge >= 0.3 is 23.9 Å². The van der Waals surface area contributed by atoms with Crippen LogP contribution in [0, 0.1) is 72.0 Å². The number of alkyl halides is 1. The minimum atomic E-state index is -3.35. The third-order valence-electron chi connectivity index (χ3n) is 12.8. The Hall–Kier alpha value is -3.03. The summed E-state index contributed by atoms with van der Waals surface area (Å²) in [5.41, 5.74) is 1.00. The molecule has 0 spiro atoms. The average molecular weight is 1160 g/mol. The van der Waals surface area contributed by atoms with Crippen LogP contribution in [-0.4, -0.2) is 107 Å². The van der Waals surface area contributed by atoms with E-state index in [-0.39, 0.29) is 34.7 Å². The number of carbonyl (C=O) groups is 6. The number of nitrogens with one attached hydrogen (secondary N) is 2. The van der Waals surface area contributed by atoms with E-state index in [4.69, 9.17) is 11.6 Å². The minimum absolute atomic E-state index is 0.0442. The summed E-state index contributed by atoms with van der Waals surface area (Å²) in [6.07, 6.45) is 9.53. The number of rotatable bonds is 33. The van der Waals surface area contributed by atoms with E-state index >= 15 is 0 Å². The molecule has 0 aliphatic carbocycles. The molecule has 448 valence electrons. The SMILES string of the molecule is CCC(C)CC(C)C(=O)O.CCC(C)CC(CC(C)C(=O)NCCS)C(=O)O.CCC(C)CC(CC(C)C(=O)NCCSCS(=O)(=O)c1ccc(C)cc1)C(=O)O.CCC(C)CC(CC(C)C)C(=O)O.CCCS.[2H]CF. The first-order valence-corrected chi connectivity index (χ1v) is 31.3. The maximum Gasteiger partial charge on any atom is 0.306 e. The standard InChI is InChI=1S/C21H33NO5S2.C13H25NO3S.C11H22O2.C8H16O2.C3H8S.CH3F/c1-5-15(2)12-18(21(24)25)13-17(4)20(23)22-10-11-28-14-29(26,27)19-8-6-16(3)7-9-19;1-4-9(2)7-11(13(16)17)8-10(3)12(15)14-5-6-18;1-5-9(4)7-10(11(12)13)6-8(2)3;1-4-6(2)5-7(3)8(9)10;1-2-3-4;1-2/h6-9,15,17-18H,5,10-14H2,1-4H3,(H,22,23)(H,24,25);9-11,18H,4-8H2,1-3H3,(H,14,15)(H,16,17);8-10H,5-7H2,1-4H3,(H,12,13);6-7H,4-5H2,1-3H3,(H,9,10);4H,2-3H2,1H3;1H3/i;;;;;1D. The summed E-state index contributed by atoms with van der Waals surface area (Å²) in [6, 6.07) is 6.75. The Bertz CT molecular complexity index is 1800. The molecule has 19 heteroatoms. The lowest BCUT2D eigenvalue weighted by atomic mass is 9.87. The highest BCUT2D eigenvalue weighted by atomic mass is 32.3. The molecular formula is C57H107FN2O12S4. The molecule has 0 aromatic heterocycles. The van der Waals surface area contributed by atoms with Crippen molar-refractivity contribution < 1.29 is 63.4 Å². The average Bonchev–Trinajstić information content (AvgIpc) is 3.37. The number of thiol groups is 2. The number of hydrogen-bond donors (Lipinski definition) is 8. The monoisotopic (exact) mass is 1160 g/mol. The van der Waals surface area contributed by atoms with Crippen LogP contribution in [-0.2, 0) is 38.6 Å². The zero-order valence-electron chi connectivity index (χ0n) is 50.2. The summed E-state index contributed by atoms with van der Waals surface area (Å²) in [6.45, 7) is 30.8. The van der Waals surface area contributed by atoms with E-state index in [1.165, 1.54) is 18.2 Å². The van der Waals surface area contributed by atoms with Gasteiger partial charge in [-0.15, -0.1) is 11.8 Å². The van der Waals surface area contributed by atoms with E-state index in [1.54, 1.807) is 45.0 Å². The Labute approximate surface area is 477 Å². The smallest absolute Gasteiger partial charge is 0.306 e. The van der Waals surface area contributed by atoms with Crippen molar-refractivity contribution in [1.29, 1.82) is 0 Å². The summed E-state index contributed by atoms with van der Waals surface area (Å²) in [7, 11) is -4.35. The number of hydrogen-bond acceptors (Lipinski definition) is 11. The van der Waals surface area contributed by atoms with Gasteiger partial charge in [-0.3, -0.25) is 33.2 Å². The van der Waals surface area contributed by atoms with Crippen molar-refractivity contribution in [2.24, 2.45) is 65.1 Å². The van der Waals surface area contributed by atoms with Crippen molar-refractivity contribution in [3.8, 4) is 0 Å². The molecule has 1 rings (SSSR count). The quantitative estimate of drug-likeness (QED) is 0.0242.